The van der Waals surface area contributed by atoms with E-state index >= 15 is 0 Å². The molecule has 18 heavy (non-hydrogen) atoms. The fourth-order valence-corrected chi connectivity index (χ4v) is 1.43. The van der Waals surface area contributed by atoms with Crippen LogP contribution in [0.4, 0.5) is 18.0 Å². The van der Waals surface area contributed by atoms with E-state index < -0.39 is 36.8 Å². The van der Waals surface area contributed by atoms with Crippen molar-refractivity contribution in [3.8, 4) is 0 Å². The van der Waals surface area contributed by atoms with Gasteiger partial charge >= 0.3 is 18.2 Å². The molecular weight excluding hydrogens is 279 g/mol. The Hall–Kier alpha value is -1.18. The SMILES string of the molecule is CC[C@H](C)[C@@H](C(=O)O)N(Cl)C(=O)OCC(F)(F)F. The van der Waals surface area contributed by atoms with Crippen LogP contribution in [0.1, 0.15) is 20.3 Å². The maximum Gasteiger partial charge on any atom is 0.425 e. The van der Waals surface area contributed by atoms with Crippen LogP contribution in [0, 0.1) is 5.92 Å². The van der Waals surface area contributed by atoms with Gasteiger partial charge in [0.2, 0.25) is 0 Å². The number of ether oxygens (including phenoxy) is 1. The molecule has 0 aliphatic heterocycles. The van der Waals surface area contributed by atoms with Gasteiger partial charge in [0.1, 0.15) is 0 Å². The van der Waals surface area contributed by atoms with Crippen LogP contribution in [0.2, 0.25) is 0 Å². The van der Waals surface area contributed by atoms with E-state index in [4.69, 9.17) is 16.9 Å². The Bertz CT molecular complexity index is 311. The molecule has 0 unspecified atom stereocenters. The van der Waals surface area contributed by atoms with E-state index in [9.17, 15) is 22.8 Å². The Balaban J connectivity index is 4.63. The molecule has 0 aliphatic carbocycles. The van der Waals surface area contributed by atoms with Gasteiger partial charge in [0.25, 0.3) is 0 Å². The number of hydrogen-bond acceptors (Lipinski definition) is 3. The van der Waals surface area contributed by atoms with Crippen LogP contribution in [0.25, 0.3) is 0 Å². The lowest BCUT2D eigenvalue weighted by molar-refractivity contribution is -0.162. The highest BCUT2D eigenvalue weighted by Gasteiger charge is 2.36. The first-order chi connectivity index (χ1) is 8.10. The molecule has 0 aliphatic rings. The average molecular weight is 292 g/mol. The highest BCUT2D eigenvalue weighted by atomic mass is 35.5. The summed E-state index contributed by atoms with van der Waals surface area (Å²) in [6.07, 6.45) is -5.85. The number of aliphatic carboxylic acids is 1. The second-order valence-electron chi connectivity index (χ2n) is 3.65. The Labute approximate surface area is 107 Å². The van der Waals surface area contributed by atoms with Crippen LogP contribution in [-0.4, -0.2) is 40.4 Å². The molecule has 106 valence electrons. The molecule has 0 fully saturated rings. The van der Waals surface area contributed by atoms with Crippen LogP contribution in [0.3, 0.4) is 0 Å². The zero-order valence-electron chi connectivity index (χ0n) is 9.70. The summed E-state index contributed by atoms with van der Waals surface area (Å²) >= 11 is 5.41. The molecule has 0 spiro atoms. The molecule has 0 aromatic rings. The van der Waals surface area contributed by atoms with Gasteiger partial charge in [-0.2, -0.15) is 13.2 Å². The lowest BCUT2D eigenvalue weighted by atomic mass is 9.99. The first-order valence-corrected chi connectivity index (χ1v) is 5.35. The van der Waals surface area contributed by atoms with Crippen LogP contribution in [0.5, 0.6) is 0 Å². The molecule has 0 radical (unpaired) electrons. The predicted molar refractivity (Wildman–Crippen MR) is 56.0 cm³/mol. The van der Waals surface area contributed by atoms with Crippen LogP contribution in [0.15, 0.2) is 0 Å². The molecule has 0 aromatic heterocycles. The van der Waals surface area contributed by atoms with Gasteiger partial charge in [0, 0.05) is 11.8 Å². The molecule has 0 aromatic carbocycles. The summed E-state index contributed by atoms with van der Waals surface area (Å²) in [5.74, 6) is -1.94. The third kappa shape index (κ3) is 5.44. The zero-order chi connectivity index (χ0) is 14.5. The topological polar surface area (TPSA) is 66.8 Å². The third-order valence-electron chi connectivity index (χ3n) is 2.21. The Kier molecular flexibility index (Phi) is 6.23. The minimum atomic E-state index is -4.69. The highest BCUT2D eigenvalue weighted by Crippen LogP contribution is 2.20. The van der Waals surface area contributed by atoms with Gasteiger partial charge in [-0.1, -0.05) is 20.3 Å². The number of amides is 1. The van der Waals surface area contributed by atoms with E-state index in [0.717, 1.165) is 0 Å². The average Bonchev–Trinajstić information content (AvgIpc) is 2.23. The minimum absolute atomic E-state index is 0.141. The van der Waals surface area contributed by atoms with E-state index in [1.54, 1.807) is 6.92 Å². The Morgan fingerprint density at radius 1 is 1.44 bits per heavy atom. The molecule has 2 atom stereocenters. The van der Waals surface area contributed by atoms with Gasteiger partial charge in [-0.05, 0) is 5.92 Å². The van der Waals surface area contributed by atoms with Gasteiger partial charge in [-0.3, -0.25) is 0 Å². The van der Waals surface area contributed by atoms with Crippen molar-refractivity contribution in [1.29, 1.82) is 0 Å². The van der Waals surface area contributed by atoms with E-state index in [0.29, 0.717) is 6.42 Å². The van der Waals surface area contributed by atoms with Crippen LogP contribution < -0.4 is 0 Å². The molecule has 0 heterocycles. The highest BCUT2D eigenvalue weighted by molar-refractivity contribution is 6.21. The third-order valence-corrected chi connectivity index (χ3v) is 2.56. The van der Waals surface area contributed by atoms with Crippen molar-refractivity contribution in [3.63, 3.8) is 0 Å². The van der Waals surface area contributed by atoms with Crippen molar-refractivity contribution in [2.45, 2.75) is 32.5 Å². The predicted octanol–water partition coefficient (Wildman–Crippen LogP) is 2.64. The van der Waals surface area contributed by atoms with Crippen molar-refractivity contribution in [2.75, 3.05) is 6.61 Å². The molecule has 1 N–H and O–H groups in total. The maximum absolute atomic E-state index is 11.8. The summed E-state index contributed by atoms with van der Waals surface area (Å²) < 4.78 is 39.4. The zero-order valence-corrected chi connectivity index (χ0v) is 10.5. The lowest BCUT2D eigenvalue weighted by Gasteiger charge is -2.25. The van der Waals surface area contributed by atoms with E-state index in [-0.39, 0.29) is 4.42 Å². The first kappa shape index (κ1) is 16.8. The maximum atomic E-state index is 11.8. The molecule has 5 nitrogen and oxygen atoms in total. The number of carboxylic acid groups (broad SMARTS) is 1. The van der Waals surface area contributed by atoms with Gasteiger partial charge in [-0.15, -0.1) is 0 Å². The number of carbonyl (C=O) groups excluding carboxylic acids is 1. The smallest absolute Gasteiger partial charge is 0.425 e. The minimum Gasteiger partial charge on any atom is -0.480 e. The van der Waals surface area contributed by atoms with Crippen LogP contribution >= 0.6 is 11.8 Å². The van der Waals surface area contributed by atoms with Gasteiger partial charge in [-0.25, -0.2) is 14.0 Å². The molecule has 1 amide bonds. The van der Waals surface area contributed by atoms with E-state index in [1.165, 1.54) is 6.92 Å². The second kappa shape index (κ2) is 6.67. The van der Waals surface area contributed by atoms with Gasteiger partial charge < -0.3 is 9.84 Å². The van der Waals surface area contributed by atoms with Crippen molar-refractivity contribution in [1.82, 2.24) is 4.42 Å². The number of nitrogens with zero attached hydrogens (tertiary/aromatic N) is 1. The summed E-state index contributed by atoms with van der Waals surface area (Å²) in [6.45, 7) is 1.35. The molecule has 0 saturated carbocycles. The molecule has 0 rings (SSSR count). The molecule has 0 bridgehead atoms. The number of rotatable bonds is 5. The van der Waals surface area contributed by atoms with Crippen molar-refractivity contribution in [2.24, 2.45) is 5.92 Å². The fraction of sp³-hybridized carbons (Fsp3) is 0.778. The van der Waals surface area contributed by atoms with Crippen molar-refractivity contribution >= 4 is 23.8 Å². The normalized spacial score (nSPS) is 14.8. The molecular formula is C9H13ClF3NO4. The van der Waals surface area contributed by atoms with Crippen molar-refractivity contribution < 1.29 is 32.6 Å². The summed E-state index contributed by atoms with van der Waals surface area (Å²) in [4.78, 5) is 22.1. The number of alkyl halides is 3. The quantitative estimate of drug-likeness (QED) is 0.791. The van der Waals surface area contributed by atoms with Gasteiger partial charge in [0.05, 0.1) is 0 Å². The monoisotopic (exact) mass is 291 g/mol. The standard InChI is InChI=1S/C9H13ClF3NO4/c1-3-5(2)6(7(15)16)14(10)8(17)18-4-9(11,12)13/h5-6H,3-4H2,1-2H3,(H,15,16)/t5-,6-/m0/s1. The summed E-state index contributed by atoms with van der Waals surface area (Å²) in [7, 11) is 0. The summed E-state index contributed by atoms with van der Waals surface area (Å²) in [6, 6.07) is -1.45. The fourth-order valence-electron chi connectivity index (χ4n) is 1.11. The first-order valence-electron chi connectivity index (χ1n) is 5.01. The second-order valence-corrected chi connectivity index (χ2v) is 4.01. The van der Waals surface area contributed by atoms with Crippen molar-refractivity contribution in [3.05, 3.63) is 0 Å². The van der Waals surface area contributed by atoms with E-state index in [2.05, 4.69) is 4.74 Å². The number of carbonyl (C=O) groups is 2. The van der Waals surface area contributed by atoms with Crippen LogP contribution in [-0.2, 0) is 9.53 Å². The Morgan fingerprint density at radius 3 is 2.28 bits per heavy atom. The number of hydrogen-bond donors (Lipinski definition) is 1. The molecule has 9 heteroatoms. The van der Waals surface area contributed by atoms with E-state index in [1.807, 2.05) is 0 Å². The Morgan fingerprint density at radius 2 is 1.94 bits per heavy atom. The number of carboxylic acids is 1. The largest absolute Gasteiger partial charge is 0.480 e. The summed E-state index contributed by atoms with van der Waals surface area (Å²) in [5.41, 5.74) is 0. The van der Waals surface area contributed by atoms with Gasteiger partial charge in [0.15, 0.2) is 12.6 Å². The molecule has 0 saturated heterocycles. The number of halogens is 4. The summed E-state index contributed by atoms with van der Waals surface area (Å²) in [5, 5.41) is 8.87. The lowest BCUT2D eigenvalue weighted by Crippen LogP contribution is -2.44.